The number of hydrogen-bond acceptors (Lipinski definition) is 3. The predicted molar refractivity (Wildman–Crippen MR) is 110 cm³/mol. The average molecular weight is 417 g/mol. The van der Waals surface area contributed by atoms with Gasteiger partial charge in [-0.05, 0) is 56.0 Å². The fourth-order valence-corrected chi connectivity index (χ4v) is 4.63. The summed E-state index contributed by atoms with van der Waals surface area (Å²) in [6.45, 7) is 2.31. The third-order valence-corrected chi connectivity index (χ3v) is 6.88. The van der Waals surface area contributed by atoms with Crippen LogP contribution in [0.2, 0.25) is 0 Å². The molecule has 7 heteroatoms. The summed E-state index contributed by atoms with van der Waals surface area (Å²) < 4.78 is 39.6. The summed E-state index contributed by atoms with van der Waals surface area (Å²) in [6.07, 6.45) is 3.71. The van der Waals surface area contributed by atoms with Crippen molar-refractivity contribution in [3.8, 4) is 0 Å². The van der Waals surface area contributed by atoms with Crippen LogP contribution in [0.5, 0.6) is 0 Å². The molecule has 0 saturated carbocycles. The van der Waals surface area contributed by atoms with Crippen LogP contribution in [0.4, 0.5) is 4.39 Å². The van der Waals surface area contributed by atoms with Crippen LogP contribution < -0.4 is 5.32 Å². The lowest BCUT2D eigenvalue weighted by Gasteiger charge is -2.26. The summed E-state index contributed by atoms with van der Waals surface area (Å²) in [5.74, 6) is -0.632. The first-order valence-electron chi connectivity index (χ1n) is 9.66. The maximum atomic E-state index is 13.1. The van der Waals surface area contributed by atoms with Crippen molar-refractivity contribution in [2.24, 2.45) is 0 Å². The Bertz CT molecular complexity index is 973. The lowest BCUT2D eigenvalue weighted by atomic mass is 10.0. The van der Waals surface area contributed by atoms with Crippen LogP contribution in [-0.2, 0) is 21.2 Å². The highest BCUT2D eigenvalue weighted by atomic mass is 32.2. The summed E-state index contributed by atoms with van der Waals surface area (Å²) in [6, 6.07) is 14.9. The van der Waals surface area contributed by atoms with Crippen molar-refractivity contribution in [2.75, 3.05) is 13.1 Å². The van der Waals surface area contributed by atoms with E-state index in [1.54, 1.807) is 6.08 Å². The second-order valence-corrected chi connectivity index (χ2v) is 9.13. The van der Waals surface area contributed by atoms with Gasteiger partial charge < -0.3 is 5.32 Å². The summed E-state index contributed by atoms with van der Waals surface area (Å²) in [7, 11) is -3.70. The largest absolute Gasteiger partial charge is 0.350 e. The molecule has 154 valence electrons. The molecule has 1 aliphatic rings. The molecule has 0 aliphatic carbocycles. The molecule has 5 nitrogen and oxygen atoms in total. The first-order chi connectivity index (χ1) is 13.9. The average Bonchev–Trinajstić information content (AvgIpc) is 2.73. The number of carbonyl (C=O) groups is 1. The lowest BCUT2D eigenvalue weighted by molar-refractivity contribution is -0.118. The summed E-state index contributed by atoms with van der Waals surface area (Å²) in [5, 5.41) is 2.99. The Morgan fingerprint density at radius 2 is 1.83 bits per heavy atom. The Labute approximate surface area is 171 Å². The second kappa shape index (κ2) is 9.33. The molecule has 0 bridgehead atoms. The van der Waals surface area contributed by atoms with E-state index in [4.69, 9.17) is 0 Å². The molecule has 2 aromatic carbocycles. The fraction of sp³-hybridized carbons (Fsp3) is 0.318. The smallest absolute Gasteiger partial charge is 0.247 e. The highest BCUT2D eigenvalue weighted by molar-refractivity contribution is 7.89. The van der Waals surface area contributed by atoms with E-state index in [2.05, 4.69) is 17.4 Å². The quantitative estimate of drug-likeness (QED) is 0.753. The van der Waals surface area contributed by atoms with E-state index >= 15 is 0 Å². The number of nitrogens with one attached hydrogen (secondary N) is 1. The van der Waals surface area contributed by atoms with Gasteiger partial charge in [-0.15, -0.1) is 0 Å². The first kappa shape index (κ1) is 21.2. The van der Waals surface area contributed by atoms with Gasteiger partial charge in [-0.2, -0.15) is 4.31 Å². The number of halogens is 1. The van der Waals surface area contributed by atoms with Gasteiger partial charge in [0, 0.05) is 24.7 Å². The van der Waals surface area contributed by atoms with Crippen molar-refractivity contribution < 1.29 is 17.6 Å². The zero-order valence-corrected chi connectivity index (χ0v) is 17.2. The van der Waals surface area contributed by atoms with Gasteiger partial charge in [0.25, 0.3) is 0 Å². The van der Waals surface area contributed by atoms with E-state index in [0.29, 0.717) is 12.0 Å². The third-order valence-electron chi connectivity index (χ3n) is 5.00. The van der Waals surface area contributed by atoms with Gasteiger partial charge in [-0.3, -0.25) is 4.79 Å². The number of amides is 1. The monoisotopic (exact) mass is 416 g/mol. The number of carbonyl (C=O) groups excluding carboxylic acids is 1. The van der Waals surface area contributed by atoms with Crippen molar-refractivity contribution in [2.45, 2.75) is 37.1 Å². The zero-order valence-electron chi connectivity index (χ0n) is 16.3. The standard InChI is InChI=1S/C22H25FN2O3S/c1-17(7-8-18-5-3-2-4-6-18)24-22(26)19-13-15-25(16-14-19)29(27,28)21-11-9-20(23)10-12-21/h2-6,9-13,17H,7-8,14-16H2,1H3,(H,24,26). The van der Waals surface area contributed by atoms with Crippen LogP contribution >= 0.6 is 0 Å². The second-order valence-electron chi connectivity index (χ2n) is 7.20. The molecule has 0 saturated heterocycles. The van der Waals surface area contributed by atoms with E-state index in [1.165, 1.54) is 22.0 Å². The van der Waals surface area contributed by atoms with E-state index in [9.17, 15) is 17.6 Å². The fourth-order valence-electron chi connectivity index (χ4n) is 3.25. The van der Waals surface area contributed by atoms with Crippen LogP contribution in [0.25, 0.3) is 0 Å². The van der Waals surface area contributed by atoms with Gasteiger partial charge in [-0.1, -0.05) is 36.4 Å². The molecule has 0 spiro atoms. The molecule has 0 aromatic heterocycles. The molecule has 1 atom stereocenters. The van der Waals surface area contributed by atoms with Crippen LogP contribution in [0, 0.1) is 5.82 Å². The molecule has 0 fully saturated rings. The predicted octanol–water partition coefficient (Wildman–Crippen LogP) is 3.28. The Hall–Kier alpha value is -2.51. The van der Waals surface area contributed by atoms with Gasteiger partial charge in [0.15, 0.2) is 0 Å². The summed E-state index contributed by atoms with van der Waals surface area (Å²) in [4.78, 5) is 12.5. The van der Waals surface area contributed by atoms with Gasteiger partial charge >= 0.3 is 0 Å². The molecule has 1 unspecified atom stereocenters. The lowest BCUT2D eigenvalue weighted by Crippen LogP contribution is -2.39. The first-order valence-corrected chi connectivity index (χ1v) is 11.1. The molecular formula is C22H25FN2O3S. The van der Waals surface area contributed by atoms with E-state index in [0.717, 1.165) is 25.0 Å². The minimum atomic E-state index is -3.70. The topological polar surface area (TPSA) is 66.5 Å². The van der Waals surface area contributed by atoms with Gasteiger partial charge in [0.2, 0.25) is 15.9 Å². The van der Waals surface area contributed by atoms with E-state index in [-0.39, 0.29) is 29.9 Å². The van der Waals surface area contributed by atoms with Gasteiger partial charge in [-0.25, -0.2) is 12.8 Å². The summed E-state index contributed by atoms with van der Waals surface area (Å²) in [5.41, 5.74) is 1.83. The minimum absolute atomic E-state index is 0.0181. The number of rotatable bonds is 7. The van der Waals surface area contributed by atoms with Crippen molar-refractivity contribution in [3.05, 3.63) is 77.6 Å². The van der Waals surface area contributed by atoms with Gasteiger partial charge in [0.05, 0.1) is 4.90 Å². The van der Waals surface area contributed by atoms with Crippen LogP contribution in [0.1, 0.15) is 25.3 Å². The molecule has 0 radical (unpaired) electrons. The Morgan fingerprint density at radius 1 is 1.14 bits per heavy atom. The Morgan fingerprint density at radius 3 is 2.45 bits per heavy atom. The third kappa shape index (κ3) is 5.52. The zero-order chi connectivity index (χ0) is 20.9. The Balaban J connectivity index is 1.54. The molecular weight excluding hydrogens is 391 g/mol. The molecule has 1 amide bonds. The SMILES string of the molecule is CC(CCc1ccccc1)NC(=O)C1=CCN(S(=O)(=O)c2ccc(F)cc2)CC1. The van der Waals surface area contributed by atoms with Crippen LogP contribution in [0.3, 0.4) is 0 Å². The molecule has 1 N–H and O–H groups in total. The van der Waals surface area contributed by atoms with Crippen LogP contribution in [0.15, 0.2) is 71.1 Å². The van der Waals surface area contributed by atoms with Crippen molar-refractivity contribution in [1.82, 2.24) is 9.62 Å². The molecule has 2 aromatic rings. The van der Waals surface area contributed by atoms with E-state index < -0.39 is 15.8 Å². The molecule has 3 rings (SSSR count). The highest BCUT2D eigenvalue weighted by Gasteiger charge is 2.27. The molecule has 1 aliphatic heterocycles. The van der Waals surface area contributed by atoms with Crippen LogP contribution in [-0.4, -0.2) is 37.8 Å². The number of aryl methyl sites for hydroxylation is 1. The minimum Gasteiger partial charge on any atom is -0.350 e. The summed E-state index contributed by atoms with van der Waals surface area (Å²) >= 11 is 0. The number of hydrogen-bond donors (Lipinski definition) is 1. The number of sulfonamides is 1. The van der Waals surface area contributed by atoms with Crippen molar-refractivity contribution in [3.63, 3.8) is 0 Å². The van der Waals surface area contributed by atoms with E-state index in [1.807, 2.05) is 25.1 Å². The normalized spacial score (nSPS) is 16.1. The number of nitrogens with zero attached hydrogens (tertiary/aromatic N) is 1. The maximum absolute atomic E-state index is 13.1. The maximum Gasteiger partial charge on any atom is 0.247 e. The number of benzene rings is 2. The van der Waals surface area contributed by atoms with Crippen molar-refractivity contribution in [1.29, 1.82) is 0 Å². The highest BCUT2D eigenvalue weighted by Crippen LogP contribution is 2.21. The van der Waals surface area contributed by atoms with Crippen molar-refractivity contribution >= 4 is 15.9 Å². The molecule has 29 heavy (non-hydrogen) atoms. The van der Waals surface area contributed by atoms with Gasteiger partial charge in [0.1, 0.15) is 5.82 Å². The Kier molecular flexibility index (Phi) is 6.82. The molecule has 1 heterocycles.